The van der Waals surface area contributed by atoms with Crippen molar-refractivity contribution >= 4 is 23.5 Å². The molecule has 19 heavy (non-hydrogen) atoms. The average Bonchev–Trinajstić information content (AvgIpc) is 2.30. The van der Waals surface area contributed by atoms with Crippen LogP contribution < -0.4 is 5.32 Å². The molecule has 1 amide bonds. The molecule has 0 saturated heterocycles. The Morgan fingerprint density at radius 3 is 2.32 bits per heavy atom. The lowest BCUT2D eigenvalue weighted by Crippen LogP contribution is -2.14. The predicted octanol–water partition coefficient (Wildman–Crippen LogP) is 1.06. The summed E-state index contributed by atoms with van der Waals surface area (Å²) < 4.78 is 0. The van der Waals surface area contributed by atoms with Gasteiger partial charge in [-0.05, 0) is 25.1 Å². The second-order valence-electron chi connectivity index (χ2n) is 3.66. The van der Waals surface area contributed by atoms with Crippen LogP contribution in [0.4, 0.5) is 5.69 Å². The zero-order valence-electron chi connectivity index (χ0n) is 9.88. The number of benzene rings is 1. The normalized spacial score (nSPS) is 10.9. The first-order valence-corrected chi connectivity index (χ1v) is 5.10. The Balaban J connectivity index is 2.92. The van der Waals surface area contributed by atoms with Crippen molar-refractivity contribution in [3.63, 3.8) is 0 Å². The van der Waals surface area contributed by atoms with Gasteiger partial charge in [-0.15, -0.1) is 0 Å². The quantitative estimate of drug-likeness (QED) is 0.476. The van der Waals surface area contributed by atoms with Crippen LogP contribution in [0.2, 0.25) is 0 Å². The lowest BCUT2D eigenvalue weighted by Gasteiger charge is -2.07. The Labute approximate surface area is 107 Å². The molecule has 0 aliphatic rings. The minimum Gasteiger partial charge on any atom is -0.506 e. The van der Waals surface area contributed by atoms with E-state index in [1.165, 1.54) is 19.1 Å². The van der Waals surface area contributed by atoms with Crippen LogP contribution in [0.15, 0.2) is 29.8 Å². The van der Waals surface area contributed by atoms with Gasteiger partial charge in [0, 0.05) is 11.6 Å². The molecule has 1 rings (SSSR count). The van der Waals surface area contributed by atoms with Crippen molar-refractivity contribution in [2.45, 2.75) is 6.92 Å². The molecule has 0 aliphatic heterocycles. The number of carboxylic acids is 2. The third-order valence-electron chi connectivity index (χ3n) is 2.19. The fourth-order valence-electron chi connectivity index (χ4n) is 1.24. The highest BCUT2D eigenvalue weighted by molar-refractivity contribution is 6.07. The van der Waals surface area contributed by atoms with E-state index in [0.29, 0.717) is 0 Å². The standard InChI is InChI=1S/C12H11NO6/c1-6(4-10(15)16)11(17)13-8-3-2-7(12(18)19)5-9(8)14/h2-5,14H,1H3,(H,13,17)(H,15,16)(H,18,19)/b6-4-. The number of aliphatic carboxylic acids is 1. The maximum absolute atomic E-state index is 11.5. The number of phenolic OH excluding ortho intramolecular Hbond substituents is 1. The topological polar surface area (TPSA) is 124 Å². The number of amides is 1. The predicted molar refractivity (Wildman–Crippen MR) is 65.1 cm³/mol. The van der Waals surface area contributed by atoms with Crippen LogP contribution in [-0.2, 0) is 9.59 Å². The minimum atomic E-state index is -1.27. The van der Waals surface area contributed by atoms with Crippen molar-refractivity contribution in [1.82, 2.24) is 0 Å². The summed E-state index contributed by atoms with van der Waals surface area (Å²) in [5.41, 5.74) is -0.198. The molecule has 0 saturated carbocycles. The Hall–Kier alpha value is -2.83. The molecule has 0 unspecified atom stereocenters. The van der Waals surface area contributed by atoms with Gasteiger partial charge in [-0.25, -0.2) is 9.59 Å². The SMILES string of the molecule is C/C(=C/C(=O)O)C(=O)Nc1ccc(C(=O)O)cc1O. The molecule has 0 spiro atoms. The molecule has 0 aliphatic carbocycles. The monoisotopic (exact) mass is 265 g/mol. The number of carboxylic acid groups (broad SMARTS) is 2. The average molecular weight is 265 g/mol. The number of aromatic carboxylic acids is 1. The van der Waals surface area contributed by atoms with E-state index in [2.05, 4.69) is 5.32 Å². The molecule has 0 radical (unpaired) electrons. The van der Waals surface area contributed by atoms with E-state index in [-0.39, 0.29) is 16.8 Å². The van der Waals surface area contributed by atoms with Gasteiger partial charge in [0.05, 0.1) is 11.3 Å². The first-order valence-electron chi connectivity index (χ1n) is 5.10. The molecule has 4 N–H and O–H groups in total. The lowest BCUT2D eigenvalue weighted by atomic mass is 10.2. The molecule has 7 heteroatoms. The second-order valence-corrected chi connectivity index (χ2v) is 3.66. The minimum absolute atomic E-state index is 0.00635. The Kier molecular flexibility index (Phi) is 4.25. The van der Waals surface area contributed by atoms with Gasteiger partial charge >= 0.3 is 11.9 Å². The van der Waals surface area contributed by atoms with E-state index in [9.17, 15) is 19.5 Å². The maximum atomic E-state index is 11.5. The number of carbonyl (C=O) groups is 3. The number of rotatable bonds is 4. The Bertz CT molecular complexity index is 576. The number of carbonyl (C=O) groups excluding carboxylic acids is 1. The summed E-state index contributed by atoms with van der Waals surface area (Å²) in [5, 5.41) is 29.0. The summed E-state index contributed by atoms with van der Waals surface area (Å²) >= 11 is 0. The van der Waals surface area contributed by atoms with E-state index in [1.807, 2.05) is 0 Å². The molecule has 100 valence electrons. The zero-order valence-corrected chi connectivity index (χ0v) is 9.88. The zero-order chi connectivity index (χ0) is 14.6. The highest BCUT2D eigenvalue weighted by atomic mass is 16.4. The van der Waals surface area contributed by atoms with E-state index in [4.69, 9.17) is 10.2 Å². The van der Waals surface area contributed by atoms with Crippen LogP contribution in [0.5, 0.6) is 5.75 Å². The van der Waals surface area contributed by atoms with Crippen LogP contribution >= 0.6 is 0 Å². The number of anilines is 1. The summed E-state index contributed by atoms with van der Waals surface area (Å²) in [6.07, 6.45) is 0.720. The third-order valence-corrected chi connectivity index (χ3v) is 2.19. The van der Waals surface area contributed by atoms with Gasteiger partial charge in [0.2, 0.25) is 0 Å². The van der Waals surface area contributed by atoms with E-state index >= 15 is 0 Å². The number of nitrogens with one attached hydrogen (secondary N) is 1. The van der Waals surface area contributed by atoms with Crippen LogP contribution in [0.1, 0.15) is 17.3 Å². The summed E-state index contributed by atoms with van der Waals surface area (Å²) in [7, 11) is 0. The molecule has 0 fully saturated rings. The molecule has 7 nitrogen and oxygen atoms in total. The van der Waals surface area contributed by atoms with Gasteiger partial charge in [0.15, 0.2) is 0 Å². The summed E-state index contributed by atoms with van der Waals surface area (Å²) in [6.45, 7) is 1.30. The van der Waals surface area contributed by atoms with Crippen LogP contribution in [-0.4, -0.2) is 33.2 Å². The fourth-order valence-corrected chi connectivity index (χ4v) is 1.24. The molecule has 1 aromatic rings. The van der Waals surface area contributed by atoms with Gasteiger partial charge in [-0.2, -0.15) is 0 Å². The van der Waals surface area contributed by atoms with Crippen LogP contribution in [0.25, 0.3) is 0 Å². The Morgan fingerprint density at radius 1 is 1.21 bits per heavy atom. The summed E-state index contributed by atoms with van der Waals surface area (Å²) in [6, 6.07) is 3.40. The largest absolute Gasteiger partial charge is 0.506 e. The first-order chi connectivity index (χ1) is 8.81. The fraction of sp³-hybridized carbons (Fsp3) is 0.0833. The van der Waals surface area contributed by atoms with Gasteiger partial charge in [0.1, 0.15) is 5.75 Å². The van der Waals surface area contributed by atoms with E-state index < -0.39 is 23.6 Å². The van der Waals surface area contributed by atoms with Crippen molar-refractivity contribution in [2.24, 2.45) is 0 Å². The van der Waals surface area contributed by atoms with Crippen molar-refractivity contribution in [2.75, 3.05) is 5.32 Å². The lowest BCUT2D eigenvalue weighted by molar-refractivity contribution is -0.131. The van der Waals surface area contributed by atoms with Gasteiger partial charge < -0.3 is 20.6 Å². The molecular weight excluding hydrogens is 254 g/mol. The number of hydrogen-bond donors (Lipinski definition) is 4. The van der Waals surface area contributed by atoms with Crippen molar-refractivity contribution in [3.8, 4) is 5.75 Å². The van der Waals surface area contributed by atoms with Crippen molar-refractivity contribution in [1.29, 1.82) is 0 Å². The van der Waals surface area contributed by atoms with Gasteiger partial charge in [-0.3, -0.25) is 4.79 Å². The number of phenols is 1. The smallest absolute Gasteiger partial charge is 0.335 e. The van der Waals surface area contributed by atoms with Crippen LogP contribution in [0.3, 0.4) is 0 Å². The van der Waals surface area contributed by atoms with E-state index in [1.54, 1.807) is 0 Å². The second kappa shape index (κ2) is 5.67. The molecular formula is C12H11NO6. The van der Waals surface area contributed by atoms with Crippen molar-refractivity contribution in [3.05, 3.63) is 35.4 Å². The Morgan fingerprint density at radius 2 is 1.84 bits per heavy atom. The molecule has 0 atom stereocenters. The summed E-state index contributed by atoms with van der Waals surface area (Å²) in [4.78, 5) is 32.6. The van der Waals surface area contributed by atoms with Crippen LogP contribution in [0, 0.1) is 0 Å². The van der Waals surface area contributed by atoms with Gasteiger partial charge in [-0.1, -0.05) is 0 Å². The molecule has 1 aromatic carbocycles. The van der Waals surface area contributed by atoms with Gasteiger partial charge in [0.25, 0.3) is 5.91 Å². The highest BCUT2D eigenvalue weighted by Gasteiger charge is 2.11. The molecule has 0 bridgehead atoms. The third kappa shape index (κ3) is 3.84. The first kappa shape index (κ1) is 14.2. The highest BCUT2D eigenvalue weighted by Crippen LogP contribution is 2.24. The molecule has 0 aromatic heterocycles. The van der Waals surface area contributed by atoms with E-state index in [0.717, 1.165) is 12.1 Å². The van der Waals surface area contributed by atoms with Crippen molar-refractivity contribution < 1.29 is 29.7 Å². The molecule has 0 heterocycles. The number of aromatic hydroxyl groups is 1. The number of hydrogen-bond acceptors (Lipinski definition) is 4. The maximum Gasteiger partial charge on any atom is 0.335 e. The summed E-state index contributed by atoms with van der Waals surface area (Å²) in [5.74, 6) is -3.61.